The molecule has 1 aromatic heterocycles. The van der Waals surface area contributed by atoms with Gasteiger partial charge in [-0.2, -0.15) is 0 Å². The van der Waals surface area contributed by atoms with Crippen LogP contribution >= 0.6 is 0 Å². The maximum atomic E-state index is 12.3. The lowest BCUT2D eigenvalue weighted by Gasteiger charge is -2.13. The standard InChI is InChI=1S/C22H29N5O2S/c1-18-26-20-12-6-7-13-21(20)27(18)16-8-14-24-22(23-2)25-15-9-17-30(28,29)19-10-4-3-5-11-19/h3-7,10-13H,8-9,14-17H2,1-2H3,(H2,23,24,25). The molecule has 0 aliphatic carbocycles. The van der Waals surface area contributed by atoms with Crippen molar-refractivity contribution in [1.82, 2.24) is 20.2 Å². The lowest BCUT2D eigenvalue weighted by molar-refractivity contribution is 0.592. The second-order valence-electron chi connectivity index (χ2n) is 7.06. The number of sulfone groups is 1. The van der Waals surface area contributed by atoms with Gasteiger partial charge in [0.2, 0.25) is 0 Å². The monoisotopic (exact) mass is 427 g/mol. The van der Waals surface area contributed by atoms with Gasteiger partial charge in [-0.1, -0.05) is 30.3 Å². The van der Waals surface area contributed by atoms with Gasteiger partial charge in [0.1, 0.15) is 5.82 Å². The van der Waals surface area contributed by atoms with E-state index < -0.39 is 9.84 Å². The number of fused-ring (bicyclic) bond motifs is 1. The molecule has 0 aliphatic heterocycles. The van der Waals surface area contributed by atoms with Crippen LogP contribution in [0.2, 0.25) is 0 Å². The molecule has 3 aromatic rings. The van der Waals surface area contributed by atoms with E-state index >= 15 is 0 Å². The molecule has 30 heavy (non-hydrogen) atoms. The highest BCUT2D eigenvalue weighted by molar-refractivity contribution is 7.91. The predicted molar refractivity (Wildman–Crippen MR) is 122 cm³/mol. The Kier molecular flexibility index (Phi) is 7.46. The molecule has 0 bridgehead atoms. The van der Waals surface area contributed by atoms with E-state index in [0.717, 1.165) is 36.4 Å². The minimum absolute atomic E-state index is 0.105. The average Bonchev–Trinajstić information content (AvgIpc) is 3.08. The van der Waals surface area contributed by atoms with E-state index in [-0.39, 0.29) is 5.75 Å². The number of aliphatic imine (C=N–C) groups is 1. The van der Waals surface area contributed by atoms with Crippen molar-refractivity contribution in [3.8, 4) is 0 Å². The first-order valence-corrected chi connectivity index (χ1v) is 11.8. The van der Waals surface area contributed by atoms with Crippen molar-refractivity contribution in [1.29, 1.82) is 0 Å². The summed E-state index contributed by atoms with van der Waals surface area (Å²) in [6.45, 7) is 4.19. The van der Waals surface area contributed by atoms with Crippen molar-refractivity contribution in [2.75, 3.05) is 25.9 Å². The molecule has 0 saturated carbocycles. The van der Waals surface area contributed by atoms with Crippen LogP contribution in [0.3, 0.4) is 0 Å². The van der Waals surface area contributed by atoms with E-state index in [1.54, 1.807) is 31.3 Å². The summed E-state index contributed by atoms with van der Waals surface area (Å²) in [6, 6.07) is 16.7. The number of hydrogen-bond donors (Lipinski definition) is 2. The zero-order valence-corrected chi connectivity index (χ0v) is 18.3. The molecule has 2 N–H and O–H groups in total. The summed E-state index contributed by atoms with van der Waals surface area (Å²) in [5, 5.41) is 6.47. The first kappa shape index (κ1) is 21.8. The molecule has 0 amide bonds. The zero-order valence-electron chi connectivity index (χ0n) is 17.5. The number of aryl methyl sites for hydroxylation is 2. The van der Waals surface area contributed by atoms with Gasteiger partial charge in [-0.15, -0.1) is 0 Å². The van der Waals surface area contributed by atoms with Crippen molar-refractivity contribution in [3.05, 3.63) is 60.4 Å². The Balaban J connectivity index is 1.39. The number of hydrogen-bond acceptors (Lipinski definition) is 4. The third-order valence-electron chi connectivity index (χ3n) is 4.90. The van der Waals surface area contributed by atoms with Crippen LogP contribution < -0.4 is 10.6 Å². The fraction of sp³-hybridized carbons (Fsp3) is 0.364. The quantitative estimate of drug-likeness (QED) is 0.311. The molecule has 0 atom stereocenters. The van der Waals surface area contributed by atoms with E-state index in [2.05, 4.69) is 31.2 Å². The molecule has 0 spiro atoms. The Hall–Kier alpha value is -2.87. The van der Waals surface area contributed by atoms with Crippen molar-refractivity contribution >= 4 is 26.8 Å². The number of guanidine groups is 1. The number of para-hydroxylation sites is 2. The van der Waals surface area contributed by atoms with E-state index in [0.29, 0.717) is 23.8 Å². The Labute approximate surface area is 178 Å². The molecule has 2 aromatic carbocycles. The molecule has 1 heterocycles. The molecule has 0 aliphatic rings. The zero-order chi connectivity index (χ0) is 21.4. The second kappa shape index (κ2) is 10.2. The third-order valence-corrected chi connectivity index (χ3v) is 6.72. The van der Waals surface area contributed by atoms with Gasteiger partial charge in [0.05, 0.1) is 21.7 Å². The van der Waals surface area contributed by atoms with Crippen molar-refractivity contribution in [2.24, 2.45) is 4.99 Å². The number of aromatic nitrogens is 2. The van der Waals surface area contributed by atoms with E-state index in [9.17, 15) is 8.42 Å². The van der Waals surface area contributed by atoms with Crippen molar-refractivity contribution < 1.29 is 8.42 Å². The molecule has 160 valence electrons. The van der Waals surface area contributed by atoms with E-state index in [1.165, 1.54) is 0 Å². The van der Waals surface area contributed by atoms with Gasteiger partial charge in [-0.05, 0) is 44.0 Å². The lowest BCUT2D eigenvalue weighted by atomic mass is 10.3. The van der Waals surface area contributed by atoms with Gasteiger partial charge in [0.15, 0.2) is 15.8 Å². The summed E-state index contributed by atoms with van der Waals surface area (Å²) in [7, 11) is -1.53. The smallest absolute Gasteiger partial charge is 0.190 e. The maximum absolute atomic E-state index is 12.3. The Bertz CT molecular complexity index is 1090. The number of rotatable bonds is 9. The van der Waals surface area contributed by atoms with Crippen LogP contribution in [0.25, 0.3) is 11.0 Å². The van der Waals surface area contributed by atoms with Gasteiger partial charge in [0, 0.05) is 26.7 Å². The molecular formula is C22H29N5O2S. The fourth-order valence-corrected chi connectivity index (χ4v) is 4.69. The molecule has 0 unspecified atom stereocenters. The first-order valence-electron chi connectivity index (χ1n) is 10.2. The van der Waals surface area contributed by atoms with Crippen LogP contribution in [-0.2, 0) is 16.4 Å². The summed E-state index contributed by atoms with van der Waals surface area (Å²) >= 11 is 0. The number of imidazole rings is 1. The van der Waals surface area contributed by atoms with Gasteiger partial charge in [-0.3, -0.25) is 4.99 Å². The van der Waals surface area contributed by atoms with Crippen LogP contribution in [0.5, 0.6) is 0 Å². The van der Waals surface area contributed by atoms with Crippen molar-refractivity contribution in [3.63, 3.8) is 0 Å². The van der Waals surface area contributed by atoms with Gasteiger partial charge >= 0.3 is 0 Å². The average molecular weight is 428 g/mol. The van der Waals surface area contributed by atoms with Gasteiger partial charge < -0.3 is 15.2 Å². The first-order chi connectivity index (χ1) is 14.5. The highest BCUT2D eigenvalue weighted by Crippen LogP contribution is 2.15. The lowest BCUT2D eigenvalue weighted by Crippen LogP contribution is -2.38. The fourth-order valence-electron chi connectivity index (χ4n) is 3.36. The normalized spacial score (nSPS) is 12.3. The summed E-state index contributed by atoms with van der Waals surface area (Å²) in [5.41, 5.74) is 2.17. The Morgan fingerprint density at radius 2 is 1.67 bits per heavy atom. The summed E-state index contributed by atoms with van der Waals surface area (Å²) in [6.07, 6.45) is 1.43. The number of nitrogens with zero attached hydrogens (tertiary/aromatic N) is 3. The molecular weight excluding hydrogens is 398 g/mol. The molecule has 8 heteroatoms. The third kappa shape index (κ3) is 5.60. The maximum Gasteiger partial charge on any atom is 0.190 e. The Morgan fingerprint density at radius 1 is 1.00 bits per heavy atom. The largest absolute Gasteiger partial charge is 0.356 e. The highest BCUT2D eigenvalue weighted by Gasteiger charge is 2.13. The molecule has 0 radical (unpaired) electrons. The predicted octanol–water partition coefficient (Wildman–Crippen LogP) is 2.76. The van der Waals surface area contributed by atoms with Gasteiger partial charge in [0.25, 0.3) is 0 Å². The Morgan fingerprint density at radius 3 is 2.40 bits per heavy atom. The van der Waals surface area contributed by atoms with Crippen molar-refractivity contribution in [2.45, 2.75) is 31.2 Å². The van der Waals surface area contributed by atoms with Crippen LogP contribution in [-0.4, -0.2) is 49.8 Å². The minimum Gasteiger partial charge on any atom is -0.356 e. The summed E-state index contributed by atoms with van der Waals surface area (Å²) in [5.74, 6) is 1.80. The number of nitrogens with one attached hydrogen (secondary N) is 2. The van der Waals surface area contributed by atoms with E-state index in [4.69, 9.17) is 0 Å². The molecule has 7 nitrogen and oxygen atoms in total. The molecule has 0 saturated heterocycles. The van der Waals surface area contributed by atoms with E-state index in [1.807, 2.05) is 31.2 Å². The van der Waals surface area contributed by atoms with Crippen LogP contribution in [0.15, 0.2) is 64.5 Å². The summed E-state index contributed by atoms with van der Waals surface area (Å²) < 4.78 is 26.8. The SMILES string of the molecule is CN=C(NCCCn1c(C)nc2ccccc21)NCCCS(=O)(=O)c1ccccc1. The van der Waals surface area contributed by atoms with Crippen LogP contribution in [0.1, 0.15) is 18.7 Å². The summed E-state index contributed by atoms with van der Waals surface area (Å²) in [4.78, 5) is 9.17. The van der Waals surface area contributed by atoms with Crippen LogP contribution in [0.4, 0.5) is 0 Å². The molecule has 0 fully saturated rings. The minimum atomic E-state index is -3.24. The highest BCUT2D eigenvalue weighted by atomic mass is 32.2. The molecule has 3 rings (SSSR count). The number of benzene rings is 2. The second-order valence-corrected chi connectivity index (χ2v) is 9.17. The van der Waals surface area contributed by atoms with Gasteiger partial charge in [-0.25, -0.2) is 13.4 Å². The van der Waals surface area contributed by atoms with Crippen LogP contribution in [0, 0.1) is 6.92 Å². The topological polar surface area (TPSA) is 88.4 Å².